The summed E-state index contributed by atoms with van der Waals surface area (Å²) in [6.07, 6.45) is 0.892. The molecule has 0 aromatic carbocycles. The fourth-order valence-corrected chi connectivity index (χ4v) is 2.05. The molecule has 2 atom stereocenters. The third-order valence-corrected chi connectivity index (χ3v) is 3.13. The van der Waals surface area contributed by atoms with E-state index in [4.69, 9.17) is 28.3 Å². The Balaban J connectivity index is 2.65. The Bertz CT molecular complexity index is 255. The van der Waals surface area contributed by atoms with Crippen LogP contribution in [0.3, 0.4) is 0 Å². The van der Waals surface area contributed by atoms with Crippen LogP contribution in [0.1, 0.15) is 13.3 Å². The smallest absolute Gasteiger partial charge is 0.321 e. The second-order valence-corrected chi connectivity index (χ2v) is 4.28. The molecule has 0 amide bonds. The summed E-state index contributed by atoms with van der Waals surface area (Å²) >= 11 is 11.2. The molecule has 1 aliphatic heterocycles. The maximum absolute atomic E-state index is 11.0. The second-order valence-electron chi connectivity index (χ2n) is 3.58. The monoisotopic (exact) mass is 237 g/mol. The molecule has 0 bridgehead atoms. The first kappa shape index (κ1) is 11.8. The van der Waals surface area contributed by atoms with Gasteiger partial charge in [0.2, 0.25) is 0 Å². The van der Waals surface area contributed by atoms with E-state index in [-0.39, 0.29) is 5.92 Å². The first-order valence-corrected chi connectivity index (χ1v) is 5.29. The van der Waals surface area contributed by atoms with Crippen molar-refractivity contribution in [1.82, 2.24) is 4.90 Å². The molecule has 0 aromatic heterocycles. The molecular formula is C9H13Cl2NO2. The van der Waals surface area contributed by atoms with Crippen LogP contribution in [0.4, 0.5) is 0 Å². The minimum atomic E-state index is -0.783. The summed E-state index contributed by atoms with van der Waals surface area (Å²) in [7, 11) is 0. The Labute approximate surface area is 93.3 Å². The summed E-state index contributed by atoms with van der Waals surface area (Å²) in [5.74, 6) is -0.610. The van der Waals surface area contributed by atoms with Crippen LogP contribution in [0.2, 0.25) is 0 Å². The van der Waals surface area contributed by atoms with Crippen LogP contribution >= 0.6 is 23.2 Å². The van der Waals surface area contributed by atoms with Crippen LogP contribution in [0, 0.1) is 5.92 Å². The molecule has 14 heavy (non-hydrogen) atoms. The Hall–Kier alpha value is -0.250. The largest absolute Gasteiger partial charge is 0.480 e. The number of nitrogens with zero attached hydrogens (tertiary/aromatic N) is 1. The van der Waals surface area contributed by atoms with Crippen molar-refractivity contribution in [2.24, 2.45) is 5.92 Å². The molecular weight excluding hydrogens is 225 g/mol. The highest BCUT2D eigenvalue weighted by Gasteiger charge is 2.36. The standard InChI is InChI=1S/C9H13Cl2NO2/c1-6-2-3-12(5-7(11)4-10)8(6)9(13)14/h4,6,8H,2-3,5H2,1H3,(H,13,14). The van der Waals surface area contributed by atoms with Gasteiger partial charge in [-0.15, -0.1) is 0 Å². The number of likely N-dealkylation sites (tertiary alicyclic amines) is 1. The van der Waals surface area contributed by atoms with Crippen molar-refractivity contribution < 1.29 is 9.90 Å². The normalized spacial score (nSPS) is 29.5. The van der Waals surface area contributed by atoms with Gasteiger partial charge in [0, 0.05) is 17.1 Å². The molecule has 0 aromatic rings. The summed E-state index contributed by atoms with van der Waals surface area (Å²) in [4.78, 5) is 12.8. The van der Waals surface area contributed by atoms with E-state index < -0.39 is 12.0 Å². The van der Waals surface area contributed by atoms with Gasteiger partial charge in [0.05, 0.1) is 0 Å². The van der Waals surface area contributed by atoms with Gasteiger partial charge in [0.25, 0.3) is 0 Å². The van der Waals surface area contributed by atoms with Crippen molar-refractivity contribution in [2.75, 3.05) is 13.1 Å². The van der Waals surface area contributed by atoms with Crippen molar-refractivity contribution in [3.05, 3.63) is 10.6 Å². The van der Waals surface area contributed by atoms with E-state index in [0.717, 1.165) is 13.0 Å². The first-order valence-electron chi connectivity index (χ1n) is 4.48. The third-order valence-electron chi connectivity index (χ3n) is 2.53. The van der Waals surface area contributed by atoms with Crippen LogP contribution in [0.15, 0.2) is 10.6 Å². The van der Waals surface area contributed by atoms with Gasteiger partial charge >= 0.3 is 5.97 Å². The number of carbonyl (C=O) groups is 1. The zero-order chi connectivity index (χ0) is 10.7. The summed E-state index contributed by atoms with van der Waals surface area (Å²) in [6.45, 7) is 3.13. The molecule has 1 aliphatic rings. The van der Waals surface area contributed by atoms with Crippen molar-refractivity contribution in [3.8, 4) is 0 Å². The average Bonchev–Trinajstić information content (AvgIpc) is 2.46. The molecule has 1 heterocycles. The summed E-state index contributed by atoms with van der Waals surface area (Å²) < 4.78 is 0. The lowest BCUT2D eigenvalue weighted by Gasteiger charge is -2.22. The van der Waals surface area contributed by atoms with Crippen molar-refractivity contribution >= 4 is 29.2 Å². The Morgan fingerprint density at radius 2 is 2.36 bits per heavy atom. The fraction of sp³-hybridized carbons (Fsp3) is 0.667. The van der Waals surface area contributed by atoms with E-state index in [0.29, 0.717) is 11.6 Å². The molecule has 0 spiro atoms. The number of halogens is 2. The van der Waals surface area contributed by atoms with Crippen molar-refractivity contribution in [1.29, 1.82) is 0 Å². The zero-order valence-corrected chi connectivity index (χ0v) is 9.42. The van der Waals surface area contributed by atoms with E-state index in [2.05, 4.69) is 0 Å². The highest BCUT2D eigenvalue weighted by atomic mass is 35.5. The zero-order valence-electron chi connectivity index (χ0n) is 7.91. The van der Waals surface area contributed by atoms with Crippen molar-refractivity contribution in [2.45, 2.75) is 19.4 Å². The van der Waals surface area contributed by atoms with Gasteiger partial charge in [-0.2, -0.15) is 0 Å². The predicted octanol–water partition coefficient (Wildman–Crippen LogP) is 2.10. The number of carboxylic acid groups (broad SMARTS) is 1. The quantitative estimate of drug-likeness (QED) is 0.818. The van der Waals surface area contributed by atoms with E-state index >= 15 is 0 Å². The average molecular weight is 238 g/mol. The molecule has 1 fully saturated rings. The highest BCUT2D eigenvalue weighted by Crippen LogP contribution is 2.25. The molecule has 2 unspecified atom stereocenters. The Morgan fingerprint density at radius 3 is 2.86 bits per heavy atom. The number of hydrogen-bond acceptors (Lipinski definition) is 2. The molecule has 80 valence electrons. The minimum absolute atomic E-state index is 0.173. The summed E-state index contributed by atoms with van der Waals surface area (Å²) in [5.41, 5.74) is 1.28. The lowest BCUT2D eigenvalue weighted by molar-refractivity contribution is -0.143. The molecule has 0 radical (unpaired) electrons. The molecule has 1 saturated heterocycles. The Kier molecular flexibility index (Phi) is 4.23. The number of aliphatic carboxylic acids is 1. The van der Waals surface area contributed by atoms with Crippen LogP contribution in [0.25, 0.3) is 0 Å². The Morgan fingerprint density at radius 1 is 1.71 bits per heavy atom. The van der Waals surface area contributed by atoms with Crippen LogP contribution in [0.5, 0.6) is 0 Å². The van der Waals surface area contributed by atoms with Gasteiger partial charge in [0.1, 0.15) is 6.04 Å². The topological polar surface area (TPSA) is 40.5 Å². The van der Waals surface area contributed by atoms with E-state index in [1.807, 2.05) is 11.8 Å². The summed E-state index contributed by atoms with van der Waals surface area (Å²) in [5, 5.41) is 9.48. The molecule has 1 N–H and O–H groups in total. The van der Waals surface area contributed by atoms with Gasteiger partial charge < -0.3 is 5.11 Å². The first-order chi connectivity index (χ1) is 6.56. The maximum Gasteiger partial charge on any atom is 0.321 e. The van der Waals surface area contributed by atoms with Gasteiger partial charge in [-0.1, -0.05) is 30.1 Å². The van der Waals surface area contributed by atoms with Gasteiger partial charge in [-0.25, -0.2) is 0 Å². The number of rotatable bonds is 3. The van der Waals surface area contributed by atoms with Gasteiger partial charge in [-0.3, -0.25) is 9.69 Å². The highest BCUT2D eigenvalue weighted by molar-refractivity contribution is 6.36. The number of hydrogen-bond donors (Lipinski definition) is 1. The maximum atomic E-state index is 11.0. The SMILES string of the molecule is CC1CCN(CC(Cl)=CCl)C1C(=O)O. The minimum Gasteiger partial charge on any atom is -0.480 e. The molecule has 5 heteroatoms. The second kappa shape index (κ2) is 5.01. The molecule has 0 aliphatic carbocycles. The van der Waals surface area contributed by atoms with Crippen molar-refractivity contribution in [3.63, 3.8) is 0 Å². The van der Waals surface area contributed by atoms with Gasteiger partial charge in [-0.05, 0) is 18.9 Å². The lowest BCUT2D eigenvalue weighted by atomic mass is 10.0. The van der Waals surface area contributed by atoms with Crippen LogP contribution < -0.4 is 0 Å². The lowest BCUT2D eigenvalue weighted by Crippen LogP contribution is -2.39. The van der Waals surface area contributed by atoms with Crippen LogP contribution in [-0.2, 0) is 4.79 Å². The summed E-state index contributed by atoms with van der Waals surface area (Å²) in [6, 6.07) is -0.430. The van der Waals surface area contributed by atoms with Gasteiger partial charge in [0.15, 0.2) is 0 Å². The predicted molar refractivity (Wildman–Crippen MR) is 56.6 cm³/mol. The molecule has 0 saturated carbocycles. The fourth-order valence-electron chi connectivity index (χ4n) is 1.83. The van der Waals surface area contributed by atoms with E-state index in [1.165, 1.54) is 5.54 Å². The number of carboxylic acids is 1. The molecule has 3 nitrogen and oxygen atoms in total. The van der Waals surface area contributed by atoms with E-state index in [1.54, 1.807) is 0 Å². The van der Waals surface area contributed by atoms with E-state index in [9.17, 15) is 4.79 Å². The van der Waals surface area contributed by atoms with Crippen LogP contribution in [-0.4, -0.2) is 35.1 Å². The third kappa shape index (κ3) is 2.62. The molecule has 1 rings (SSSR count).